The molecule has 0 saturated carbocycles. The summed E-state index contributed by atoms with van der Waals surface area (Å²) in [5.41, 5.74) is 2.62. The van der Waals surface area contributed by atoms with Crippen molar-refractivity contribution in [1.29, 1.82) is 0 Å². The molecule has 0 nitrogen and oxygen atoms in total. The first-order chi connectivity index (χ1) is 4.18. The van der Waals surface area contributed by atoms with Gasteiger partial charge in [-0.2, -0.15) is 0 Å². The molecule has 0 aliphatic heterocycles. The van der Waals surface area contributed by atoms with Gasteiger partial charge in [0.05, 0.1) is 0 Å². The summed E-state index contributed by atoms with van der Waals surface area (Å²) in [6, 6.07) is 0. The van der Waals surface area contributed by atoms with Crippen LogP contribution >= 0.6 is 0 Å². The third kappa shape index (κ3) is 7.22. The van der Waals surface area contributed by atoms with E-state index in [1.165, 1.54) is 11.1 Å². The van der Waals surface area contributed by atoms with Crippen LogP contribution in [0.2, 0.25) is 0 Å². The van der Waals surface area contributed by atoms with Gasteiger partial charge in [-0.25, -0.2) is 0 Å². The topological polar surface area (TPSA) is 0 Å². The van der Waals surface area contributed by atoms with Gasteiger partial charge in [0, 0.05) is 0 Å². The quantitative estimate of drug-likeness (QED) is 0.371. The minimum Gasteiger partial charge on any atom is -0.106 e. The van der Waals surface area contributed by atoms with Crippen molar-refractivity contribution in [2.24, 2.45) is 0 Å². The summed E-state index contributed by atoms with van der Waals surface area (Å²) in [5.74, 6) is 0. The van der Waals surface area contributed by atoms with Gasteiger partial charge in [-0.1, -0.05) is 23.8 Å². The highest BCUT2D eigenvalue weighted by Gasteiger charge is 1.79. The largest absolute Gasteiger partial charge is 0.106 e. The Morgan fingerprint density at radius 2 is 1.44 bits per heavy atom. The first kappa shape index (κ1) is 11.1. The monoisotopic (exact) mass is 124 g/mol. The molecule has 0 amide bonds. The van der Waals surface area contributed by atoms with Gasteiger partial charge in [0.15, 0.2) is 0 Å². The fraction of sp³-hybridized carbons (Fsp3) is 0.333. The predicted molar refractivity (Wildman–Crippen MR) is 45.5 cm³/mol. The van der Waals surface area contributed by atoms with Crippen LogP contribution in [0.3, 0.4) is 0 Å². The Balaban J connectivity index is 0. The van der Waals surface area contributed by atoms with Crippen LogP contribution in [0.1, 0.15) is 20.8 Å². The zero-order valence-corrected chi connectivity index (χ0v) is 6.70. The van der Waals surface area contributed by atoms with E-state index in [0.29, 0.717) is 0 Å². The van der Waals surface area contributed by atoms with Gasteiger partial charge in [0.1, 0.15) is 0 Å². The summed E-state index contributed by atoms with van der Waals surface area (Å²) < 4.78 is 0. The smallest absolute Gasteiger partial charge is 0.0399 e. The SMILES string of the molecule is C=C.C=CC(C)=C(C)C. The molecule has 9 heavy (non-hydrogen) atoms. The van der Waals surface area contributed by atoms with Crippen molar-refractivity contribution in [2.75, 3.05) is 0 Å². The maximum atomic E-state index is 3.62. The van der Waals surface area contributed by atoms with Crippen molar-refractivity contribution in [1.82, 2.24) is 0 Å². The Labute approximate surface area is 58.6 Å². The summed E-state index contributed by atoms with van der Waals surface area (Å²) >= 11 is 0. The van der Waals surface area contributed by atoms with Gasteiger partial charge < -0.3 is 0 Å². The molecule has 0 aliphatic rings. The van der Waals surface area contributed by atoms with E-state index in [0.717, 1.165) is 0 Å². The lowest BCUT2D eigenvalue weighted by atomic mass is 10.2. The van der Waals surface area contributed by atoms with Crippen molar-refractivity contribution >= 4 is 0 Å². The van der Waals surface area contributed by atoms with E-state index in [9.17, 15) is 0 Å². The molecule has 0 aromatic heterocycles. The Hall–Kier alpha value is -0.780. The van der Waals surface area contributed by atoms with Crippen LogP contribution in [0.4, 0.5) is 0 Å². The summed E-state index contributed by atoms with van der Waals surface area (Å²) in [4.78, 5) is 0. The molecule has 0 unspecified atom stereocenters. The molecular weight excluding hydrogens is 108 g/mol. The molecule has 0 rings (SSSR count). The predicted octanol–water partition coefficient (Wildman–Crippen LogP) is 3.33. The maximum absolute atomic E-state index is 3.62. The first-order valence-corrected chi connectivity index (χ1v) is 2.95. The highest BCUT2D eigenvalue weighted by Crippen LogP contribution is 2.00. The molecule has 0 bridgehead atoms. The van der Waals surface area contributed by atoms with Crippen molar-refractivity contribution in [2.45, 2.75) is 20.8 Å². The number of hydrogen-bond acceptors (Lipinski definition) is 0. The molecule has 0 saturated heterocycles. The lowest BCUT2D eigenvalue weighted by Gasteiger charge is -1.90. The van der Waals surface area contributed by atoms with Crippen LogP contribution in [0.25, 0.3) is 0 Å². The summed E-state index contributed by atoms with van der Waals surface area (Å²) in [6.07, 6.45) is 1.87. The molecule has 0 spiro atoms. The molecule has 0 heterocycles. The van der Waals surface area contributed by atoms with Crippen molar-refractivity contribution in [3.8, 4) is 0 Å². The zero-order valence-electron chi connectivity index (χ0n) is 6.70. The third-order valence-corrected chi connectivity index (χ3v) is 1.09. The highest BCUT2D eigenvalue weighted by atomic mass is 13.9. The second-order valence-electron chi connectivity index (χ2n) is 1.89. The lowest BCUT2D eigenvalue weighted by molar-refractivity contribution is 1.30. The number of allylic oxidation sites excluding steroid dienone is 3. The average molecular weight is 124 g/mol. The summed E-state index contributed by atoms with van der Waals surface area (Å²) in [7, 11) is 0. The number of hydrogen-bond donors (Lipinski definition) is 0. The van der Waals surface area contributed by atoms with Crippen molar-refractivity contribution in [3.63, 3.8) is 0 Å². The molecule has 0 aromatic rings. The highest BCUT2D eigenvalue weighted by molar-refractivity contribution is 5.18. The van der Waals surface area contributed by atoms with Crippen molar-refractivity contribution < 1.29 is 0 Å². The van der Waals surface area contributed by atoms with Gasteiger partial charge >= 0.3 is 0 Å². The molecule has 0 heteroatoms. The summed E-state index contributed by atoms with van der Waals surface area (Å²) in [6.45, 7) is 15.8. The molecule has 0 radical (unpaired) electrons. The van der Waals surface area contributed by atoms with E-state index in [1.54, 1.807) is 0 Å². The molecule has 52 valence electrons. The van der Waals surface area contributed by atoms with E-state index < -0.39 is 0 Å². The van der Waals surface area contributed by atoms with Crippen LogP contribution in [0.15, 0.2) is 37.0 Å². The van der Waals surface area contributed by atoms with E-state index in [-0.39, 0.29) is 0 Å². The number of rotatable bonds is 1. The standard InChI is InChI=1S/C7H12.C2H4/c1-5-7(4)6(2)3;1-2/h5H,1H2,2-4H3;1-2H2. The molecule has 0 N–H and O–H groups in total. The van der Waals surface area contributed by atoms with E-state index >= 15 is 0 Å². The van der Waals surface area contributed by atoms with Gasteiger partial charge in [-0.05, 0) is 20.8 Å². The lowest BCUT2D eigenvalue weighted by Crippen LogP contribution is -1.69. The Kier molecular flexibility index (Phi) is 8.89. The fourth-order valence-corrected chi connectivity index (χ4v) is 0.204. The van der Waals surface area contributed by atoms with Crippen LogP contribution < -0.4 is 0 Å². The maximum Gasteiger partial charge on any atom is -0.0399 e. The Morgan fingerprint density at radius 1 is 1.11 bits per heavy atom. The Bertz CT molecular complexity index is 103. The third-order valence-electron chi connectivity index (χ3n) is 1.09. The molecule has 0 aliphatic carbocycles. The van der Waals surface area contributed by atoms with Crippen LogP contribution in [0, 0.1) is 0 Å². The van der Waals surface area contributed by atoms with E-state index in [4.69, 9.17) is 0 Å². The fourth-order valence-electron chi connectivity index (χ4n) is 0.204. The first-order valence-electron chi connectivity index (χ1n) is 2.95. The van der Waals surface area contributed by atoms with Gasteiger partial charge in [0.2, 0.25) is 0 Å². The second kappa shape index (κ2) is 7.22. The van der Waals surface area contributed by atoms with Gasteiger partial charge in [-0.3, -0.25) is 0 Å². The minimum absolute atomic E-state index is 1.28. The molecule has 0 aromatic carbocycles. The summed E-state index contributed by atoms with van der Waals surface area (Å²) in [5, 5.41) is 0. The Morgan fingerprint density at radius 3 is 1.44 bits per heavy atom. The van der Waals surface area contributed by atoms with Crippen LogP contribution in [-0.4, -0.2) is 0 Å². The van der Waals surface area contributed by atoms with Crippen LogP contribution in [-0.2, 0) is 0 Å². The average Bonchev–Trinajstić information content (AvgIpc) is 1.91. The van der Waals surface area contributed by atoms with E-state index in [2.05, 4.69) is 40.5 Å². The van der Waals surface area contributed by atoms with Gasteiger partial charge in [0.25, 0.3) is 0 Å². The van der Waals surface area contributed by atoms with Crippen molar-refractivity contribution in [3.05, 3.63) is 37.0 Å². The second-order valence-corrected chi connectivity index (χ2v) is 1.89. The van der Waals surface area contributed by atoms with Crippen LogP contribution in [0.5, 0.6) is 0 Å². The van der Waals surface area contributed by atoms with Gasteiger partial charge in [-0.15, -0.1) is 13.2 Å². The van der Waals surface area contributed by atoms with E-state index in [1.807, 2.05) is 6.08 Å². The zero-order chi connectivity index (χ0) is 7.86. The normalized spacial score (nSPS) is 6.56. The molecule has 0 fully saturated rings. The minimum atomic E-state index is 1.28. The molecule has 0 atom stereocenters. The molecular formula is C9H16.